The van der Waals surface area contributed by atoms with Crippen LogP contribution in [-0.2, 0) is 6.54 Å². The normalized spacial score (nSPS) is 18.5. The van der Waals surface area contributed by atoms with E-state index in [4.69, 9.17) is 0 Å². The number of aliphatic hydroxyl groups excluding tert-OH is 1. The molecule has 3 aromatic rings. The zero-order valence-corrected chi connectivity index (χ0v) is 15.0. The van der Waals surface area contributed by atoms with Crippen LogP contribution in [0.25, 0.3) is 11.2 Å². The van der Waals surface area contributed by atoms with Gasteiger partial charge in [0.25, 0.3) is 0 Å². The number of imidazole rings is 1. The summed E-state index contributed by atoms with van der Waals surface area (Å²) < 4.78 is 0. The van der Waals surface area contributed by atoms with E-state index in [1.54, 1.807) is 12.7 Å². The molecule has 0 spiro atoms. The molecule has 1 unspecified atom stereocenters. The lowest BCUT2D eigenvalue weighted by Crippen LogP contribution is -2.53. The van der Waals surface area contributed by atoms with Gasteiger partial charge < -0.3 is 15.0 Å². The third-order valence-corrected chi connectivity index (χ3v) is 5.08. The van der Waals surface area contributed by atoms with E-state index in [0.717, 1.165) is 43.9 Å². The largest absolute Gasteiger partial charge is 0.396 e. The Balaban J connectivity index is 1.52. The van der Waals surface area contributed by atoms with Crippen molar-refractivity contribution in [3.05, 3.63) is 48.0 Å². The molecule has 4 rings (SSSR count). The lowest BCUT2D eigenvalue weighted by molar-refractivity contribution is 0.135. The average Bonchev–Trinajstić information content (AvgIpc) is 3.14. The molecule has 1 aliphatic heterocycles. The van der Waals surface area contributed by atoms with Crippen LogP contribution in [0.1, 0.15) is 17.5 Å². The second kappa shape index (κ2) is 7.39. The summed E-state index contributed by atoms with van der Waals surface area (Å²) in [5.74, 6) is 0.894. The first-order valence-corrected chi connectivity index (χ1v) is 9.04. The van der Waals surface area contributed by atoms with E-state index >= 15 is 0 Å². The Kier molecular flexibility index (Phi) is 4.81. The summed E-state index contributed by atoms with van der Waals surface area (Å²) in [6.07, 6.45) is 3.97. The molecular formula is C19H24N6O. The van der Waals surface area contributed by atoms with Crippen molar-refractivity contribution in [3.8, 4) is 0 Å². The number of aromatic nitrogens is 4. The molecule has 0 amide bonds. The van der Waals surface area contributed by atoms with Crippen LogP contribution in [0.15, 0.2) is 36.9 Å². The number of aryl methyl sites for hydroxylation is 1. The molecule has 1 saturated heterocycles. The lowest BCUT2D eigenvalue weighted by Gasteiger charge is -2.42. The van der Waals surface area contributed by atoms with Crippen LogP contribution in [0.2, 0.25) is 0 Å². The van der Waals surface area contributed by atoms with Crippen molar-refractivity contribution < 1.29 is 5.11 Å². The molecule has 1 fully saturated rings. The van der Waals surface area contributed by atoms with Crippen molar-refractivity contribution in [2.24, 2.45) is 0 Å². The van der Waals surface area contributed by atoms with Crippen molar-refractivity contribution in [3.63, 3.8) is 0 Å². The summed E-state index contributed by atoms with van der Waals surface area (Å²) in [5.41, 5.74) is 4.15. The Bertz CT molecular complexity index is 862. The monoisotopic (exact) mass is 352 g/mol. The van der Waals surface area contributed by atoms with Gasteiger partial charge in [-0.15, -0.1) is 0 Å². The summed E-state index contributed by atoms with van der Waals surface area (Å²) in [6.45, 7) is 5.85. The minimum atomic E-state index is 0.187. The number of hydrogen-bond acceptors (Lipinski definition) is 6. The van der Waals surface area contributed by atoms with E-state index in [2.05, 4.69) is 60.9 Å². The maximum atomic E-state index is 9.55. The molecular weight excluding hydrogens is 328 g/mol. The van der Waals surface area contributed by atoms with E-state index in [9.17, 15) is 5.11 Å². The van der Waals surface area contributed by atoms with E-state index < -0.39 is 0 Å². The summed E-state index contributed by atoms with van der Waals surface area (Å²) in [4.78, 5) is 20.8. The van der Waals surface area contributed by atoms with Gasteiger partial charge in [0.15, 0.2) is 11.5 Å². The minimum absolute atomic E-state index is 0.187. The van der Waals surface area contributed by atoms with Crippen molar-refractivity contribution >= 4 is 17.0 Å². The molecule has 3 heterocycles. The van der Waals surface area contributed by atoms with Gasteiger partial charge in [0.1, 0.15) is 11.8 Å². The van der Waals surface area contributed by atoms with Crippen molar-refractivity contribution in [1.29, 1.82) is 0 Å². The highest BCUT2D eigenvalue weighted by molar-refractivity contribution is 5.82. The number of fused-ring (bicyclic) bond motifs is 1. The van der Waals surface area contributed by atoms with E-state index in [1.165, 1.54) is 11.1 Å². The van der Waals surface area contributed by atoms with Gasteiger partial charge in [0, 0.05) is 38.8 Å². The number of piperazine rings is 1. The fourth-order valence-corrected chi connectivity index (χ4v) is 3.64. The van der Waals surface area contributed by atoms with E-state index in [0.29, 0.717) is 5.65 Å². The average molecular weight is 352 g/mol. The Morgan fingerprint density at radius 2 is 2.00 bits per heavy atom. The fourth-order valence-electron chi connectivity index (χ4n) is 3.64. The first-order valence-electron chi connectivity index (χ1n) is 9.04. The van der Waals surface area contributed by atoms with Crippen LogP contribution >= 0.6 is 0 Å². The summed E-state index contributed by atoms with van der Waals surface area (Å²) >= 11 is 0. The van der Waals surface area contributed by atoms with Gasteiger partial charge in [-0.3, -0.25) is 4.90 Å². The van der Waals surface area contributed by atoms with Crippen LogP contribution in [0.5, 0.6) is 0 Å². The lowest BCUT2D eigenvalue weighted by atomic mass is 10.1. The number of nitrogens with one attached hydrogen (secondary N) is 1. The predicted octanol–water partition coefficient (Wildman–Crippen LogP) is 1.73. The Morgan fingerprint density at radius 3 is 2.81 bits per heavy atom. The standard InChI is InChI=1S/C19H24N6O/c1-14-2-4-15(5-3-14)10-24-7-8-25(11-16(24)6-9-26)19-17-18(21-12-20-17)22-13-23-19/h2-5,12-13,16,26H,6-11H2,1H3,(H,20,21,22,23). The molecule has 1 aliphatic rings. The maximum Gasteiger partial charge on any atom is 0.182 e. The van der Waals surface area contributed by atoms with Crippen molar-refractivity contribution in [2.75, 3.05) is 31.1 Å². The van der Waals surface area contributed by atoms with Gasteiger partial charge in [0.05, 0.1) is 6.33 Å². The van der Waals surface area contributed by atoms with E-state index in [1.807, 2.05) is 0 Å². The molecule has 0 radical (unpaired) electrons. The quantitative estimate of drug-likeness (QED) is 0.728. The molecule has 136 valence electrons. The molecule has 7 heteroatoms. The number of hydrogen-bond donors (Lipinski definition) is 2. The maximum absolute atomic E-state index is 9.55. The van der Waals surface area contributed by atoms with Gasteiger partial charge >= 0.3 is 0 Å². The van der Waals surface area contributed by atoms with Crippen molar-refractivity contribution in [1.82, 2.24) is 24.8 Å². The molecule has 1 atom stereocenters. The number of anilines is 1. The Labute approximate surface area is 152 Å². The van der Waals surface area contributed by atoms with Gasteiger partial charge in [-0.25, -0.2) is 15.0 Å². The fraction of sp³-hybridized carbons (Fsp3) is 0.421. The van der Waals surface area contributed by atoms with Gasteiger partial charge in [0.2, 0.25) is 0 Å². The zero-order chi connectivity index (χ0) is 17.9. The van der Waals surface area contributed by atoms with Gasteiger partial charge in [-0.1, -0.05) is 29.8 Å². The molecule has 0 saturated carbocycles. The van der Waals surface area contributed by atoms with Crippen LogP contribution in [-0.4, -0.2) is 62.2 Å². The molecule has 0 bridgehead atoms. The molecule has 26 heavy (non-hydrogen) atoms. The molecule has 2 N–H and O–H groups in total. The molecule has 1 aromatic carbocycles. The number of benzene rings is 1. The first kappa shape index (κ1) is 16.9. The smallest absolute Gasteiger partial charge is 0.182 e. The molecule has 7 nitrogen and oxygen atoms in total. The minimum Gasteiger partial charge on any atom is -0.396 e. The van der Waals surface area contributed by atoms with Crippen LogP contribution in [0.3, 0.4) is 0 Å². The summed E-state index contributed by atoms with van der Waals surface area (Å²) in [6, 6.07) is 8.97. The predicted molar refractivity (Wildman–Crippen MR) is 101 cm³/mol. The molecule has 0 aliphatic carbocycles. The number of H-pyrrole nitrogens is 1. The van der Waals surface area contributed by atoms with Gasteiger partial charge in [-0.2, -0.15) is 0 Å². The van der Waals surface area contributed by atoms with Crippen LogP contribution < -0.4 is 4.90 Å². The second-order valence-corrected chi connectivity index (χ2v) is 6.87. The Hall–Kier alpha value is -2.51. The van der Waals surface area contributed by atoms with Gasteiger partial charge in [-0.05, 0) is 18.9 Å². The third-order valence-electron chi connectivity index (χ3n) is 5.08. The Morgan fingerprint density at radius 1 is 1.15 bits per heavy atom. The second-order valence-electron chi connectivity index (χ2n) is 6.87. The SMILES string of the molecule is Cc1ccc(CN2CCN(c3ncnc4nc[nH]c34)CC2CCO)cc1. The highest BCUT2D eigenvalue weighted by Crippen LogP contribution is 2.24. The van der Waals surface area contributed by atoms with Crippen LogP contribution in [0, 0.1) is 6.92 Å². The van der Waals surface area contributed by atoms with E-state index in [-0.39, 0.29) is 12.6 Å². The topological polar surface area (TPSA) is 81.2 Å². The van der Waals surface area contributed by atoms with Crippen LogP contribution in [0.4, 0.5) is 5.82 Å². The first-order chi connectivity index (χ1) is 12.7. The summed E-state index contributed by atoms with van der Waals surface area (Å²) in [5, 5.41) is 9.55. The van der Waals surface area contributed by atoms with Crippen molar-refractivity contribution in [2.45, 2.75) is 25.9 Å². The summed E-state index contributed by atoms with van der Waals surface area (Å²) in [7, 11) is 0. The number of rotatable bonds is 5. The highest BCUT2D eigenvalue weighted by atomic mass is 16.3. The molecule has 2 aromatic heterocycles. The number of aromatic amines is 1. The zero-order valence-electron chi connectivity index (χ0n) is 15.0. The third kappa shape index (κ3) is 3.40. The number of aliphatic hydroxyl groups is 1. The highest BCUT2D eigenvalue weighted by Gasteiger charge is 2.28. The number of nitrogens with zero attached hydrogens (tertiary/aromatic N) is 5.